The Bertz CT molecular complexity index is 3450. The van der Waals surface area contributed by atoms with E-state index in [9.17, 15) is 22.0 Å². The molecule has 4 saturated heterocycles. The van der Waals surface area contributed by atoms with E-state index in [1.807, 2.05) is 79.7 Å². The maximum atomic E-state index is 12.4. The average Bonchev–Trinajstić information content (AvgIpc) is 0.923. The number of benzene rings is 6. The van der Waals surface area contributed by atoms with Gasteiger partial charge in [0, 0.05) is 99.9 Å². The van der Waals surface area contributed by atoms with Gasteiger partial charge in [-0.2, -0.15) is 36.9 Å². The molecule has 0 spiro atoms. The van der Waals surface area contributed by atoms with E-state index in [0.717, 1.165) is 104 Å². The van der Waals surface area contributed by atoms with Gasteiger partial charge in [-0.15, -0.1) is 6.42 Å². The van der Waals surface area contributed by atoms with E-state index < -0.39 is 18.4 Å². The normalized spacial score (nSPS) is 16.5. The van der Waals surface area contributed by atoms with E-state index in [2.05, 4.69) is 186 Å². The number of halogens is 6. The van der Waals surface area contributed by atoms with Crippen LogP contribution in [0.25, 0.3) is 5.69 Å². The van der Waals surface area contributed by atoms with Crippen LogP contribution in [0.4, 0.5) is 33.3 Å². The predicted molar refractivity (Wildman–Crippen MR) is 390 cm³/mol. The van der Waals surface area contributed by atoms with Crippen LogP contribution in [0.3, 0.4) is 0 Å². The number of hydrogen-bond acceptors (Lipinski definition) is 13. The molecular weight excluding hydrogens is 1270 g/mol. The van der Waals surface area contributed by atoms with Crippen molar-refractivity contribution < 1.29 is 45.6 Å². The SMILES string of the molecule is C.C#Cc1ccc(OC2(C)CN(C(C)C)C2)cc1.CC(C)N1CC(C)(Oc2ccc(C(F)(F)F)cc2)C1.CC(C)N1CC(C)(Oc2ccc(OC(F)F)cc2)C1.CC(C)Nc1ccc(-n2nccn2)cc1.CC(C)Nc1ccccc1Cl.Cc1ccc(OC2(C)CN(C(C)C)C2)cc1. The largest absolute Gasteiger partial charge is 0.485 e. The standard InChI is InChI=1S/C15H19NO.C14H18F3NO.C14H19F2NO2.C14H21NO.C11H14N4.C9H12ClN.CH4/c1-5-13-6-8-14(9-7-13)17-15(4)10-16(11-15)12(2)3;1-10(2)18-8-13(3,9-18)19-12-6-4-11(5-7-12)14(15,16)17;1-10(2)17-8-14(3,9-17)19-12-6-4-11(5-7-12)18-13(15)16;1-11(2)15-9-14(4,10-15)16-13-7-5-12(3)6-8-13;1-9(2)14-10-3-5-11(6-4-10)15-12-7-8-13-15;1-7(2)11-9-6-4-3-5-8(9)10;/h1,6-9,12H,10-11H2,2-4H3;4-7,10H,8-9H2,1-3H3;4-7,10,13H,8-9H2,1-3H3;5-8,11H,9-10H2,1-4H3;3-9,14H,1-2H3;3-7,11H,1-2H3;1H4. The maximum Gasteiger partial charge on any atom is 0.416 e. The lowest BCUT2D eigenvalue weighted by Crippen LogP contribution is -2.64. The Labute approximate surface area is 586 Å². The highest BCUT2D eigenvalue weighted by Gasteiger charge is 2.45. The number of likely N-dealkylation sites (tertiary alicyclic amines) is 4. The zero-order valence-corrected chi connectivity index (χ0v) is 60.5. The third kappa shape index (κ3) is 26.2. The number of alkyl halides is 5. The number of rotatable bonds is 19. The lowest BCUT2D eigenvalue weighted by Gasteiger charge is -2.49. The van der Waals surface area contributed by atoms with Gasteiger partial charge in [0.15, 0.2) is 0 Å². The molecule has 536 valence electrons. The van der Waals surface area contributed by atoms with Crippen molar-refractivity contribution >= 4 is 23.0 Å². The Morgan fingerprint density at radius 3 is 1.14 bits per heavy atom. The van der Waals surface area contributed by atoms with E-state index in [-0.39, 0.29) is 35.6 Å². The lowest BCUT2D eigenvalue weighted by atomic mass is 9.94. The van der Waals surface area contributed by atoms with Crippen molar-refractivity contribution in [3.05, 3.63) is 180 Å². The summed E-state index contributed by atoms with van der Waals surface area (Å²) in [5, 5.41) is 15.5. The van der Waals surface area contributed by atoms with Crippen LogP contribution in [0.15, 0.2) is 158 Å². The Morgan fingerprint density at radius 1 is 0.480 bits per heavy atom. The second kappa shape index (κ2) is 36.5. The van der Waals surface area contributed by atoms with Gasteiger partial charge in [0.25, 0.3) is 0 Å². The topological polar surface area (TPSA) is 114 Å². The van der Waals surface area contributed by atoms with Crippen LogP contribution in [0.2, 0.25) is 5.02 Å². The molecule has 2 N–H and O–H groups in total. The van der Waals surface area contributed by atoms with Crippen LogP contribution in [0.1, 0.15) is 135 Å². The molecule has 0 bridgehead atoms. The second-order valence-electron chi connectivity index (χ2n) is 28.0. The van der Waals surface area contributed by atoms with Crippen molar-refractivity contribution in [2.45, 2.75) is 197 Å². The molecule has 5 heterocycles. The first-order valence-electron chi connectivity index (χ1n) is 33.4. The summed E-state index contributed by atoms with van der Waals surface area (Å²) in [7, 11) is 0. The summed E-state index contributed by atoms with van der Waals surface area (Å²) in [4.78, 5) is 11.0. The van der Waals surface area contributed by atoms with Gasteiger partial charge in [-0.05, 0) is 239 Å². The first kappa shape index (κ1) is 81.1. The maximum absolute atomic E-state index is 12.4. The van der Waals surface area contributed by atoms with Crippen molar-refractivity contribution in [2.75, 3.05) is 63.0 Å². The van der Waals surface area contributed by atoms with Gasteiger partial charge in [0.05, 0.1) is 34.4 Å². The van der Waals surface area contributed by atoms with Crippen LogP contribution >= 0.6 is 11.6 Å². The molecule has 1 aromatic heterocycles. The fourth-order valence-electron chi connectivity index (χ4n) is 11.0. The second-order valence-corrected chi connectivity index (χ2v) is 28.4. The molecule has 0 aliphatic carbocycles. The number of para-hydroxylation sites is 1. The molecule has 0 saturated carbocycles. The number of hydrogen-bond donors (Lipinski definition) is 2. The van der Waals surface area contributed by atoms with Crippen molar-refractivity contribution in [1.29, 1.82) is 0 Å². The Kier molecular flexibility index (Phi) is 30.2. The molecular formula is C78H107ClF5N9O5. The van der Waals surface area contributed by atoms with Gasteiger partial charge >= 0.3 is 12.8 Å². The highest BCUT2D eigenvalue weighted by atomic mass is 35.5. The number of aryl methyl sites for hydroxylation is 1. The van der Waals surface area contributed by atoms with Gasteiger partial charge in [0.2, 0.25) is 0 Å². The van der Waals surface area contributed by atoms with Gasteiger partial charge in [-0.25, -0.2) is 0 Å². The Balaban J connectivity index is 0.000000213. The summed E-state index contributed by atoms with van der Waals surface area (Å²) < 4.78 is 89.3. The van der Waals surface area contributed by atoms with Gasteiger partial charge in [0.1, 0.15) is 51.2 Å². The summed E-state index contributed by atoms with van der Waals surface area (Å²) in [5.41, 5.74) is 4.04. The summed E-state index contributed by atoms with van der Waals surface area (Å²) in [6.45, 7) is 40.8. The molecule has 0 unspecified atom stereocenters. The number of ether oxygens (including phenoxy) is 5. The smallest absolute Gasteiger partial charge is 0.416 e. The third-order valence-corrected chi connectivity index (χ3v) is 16.6. The number of terminal acetylenes is 1. The van der Waals surface area contributed by atoms with E-state index in [0.29, 0.717) is 47.8 Å². The summed E-state index contributed by atoms with van der Waals surface area (Å²) in [6.07, 6.45) is 4.35. The molecule has 0 atom stereocenters. The molecule has 0 amide bonds. The van der Waals surface area contributed by atoms with Crippen LogP contribution in [0, 0.1) is 19.3 Å². The number of nitrogens with zero attached hydrogens (tertiary/aromatic N) is 7. The first-order valence-corrected chi connectivity index (χ1v) is 33.7. The van der Waals surface area contributed by atoms with E-state index >= 15 is 0 Å². The van der Waals surface area contributed by atoms with E-state index in [1.165, 1.54) is 29.8 Å². The molecule has 4 aliphatic rings. The highest BCUT2D eigenvalue weighted by Crippen LogP contribution is 2.35. The van der Waals surface area contributed by atoms with E-state index in [4.69, 9.17) is 37.0 Å². The van der Waals surface area contributed by atoms with Crippen LogP contribution in [-0.2, 0) is 6.18 Å². The third-order valence-electron chi connectivity index (χ3n) is 16.2. The van der Waals surface area contributed by atoms with Crippen LogP contribution < -0.4 is 34.3 Å². The Hall–Kier alpha value is -7.60. The zero-order valence-electron chi connectivity index (χ0n) is 59.7. The van der Waals surface area contributed by atoms with Gasteiger partial charge in [-0.1, -0.05) is 54.8 Å². The molecule has 6 aromatic carbocycles. The van der Waals surface area contributed by atoms with Gasteiger partial charge < -0.3 is 34.3 Å². The van der Waals surface area contributed by atoms with Gasteiger partial charge in [-0.3, -0.25) is 19.6 Å². The predicted octanol–water partition coefficient (Wildman–Crippen LogP) is 18.0. The molecule has 98 heavy (non-hydrogen) atoms. The number of aromatic nitrogens is 3. The fraction of sp³-hybridized carbons (Fsp3) is 0.487. The number of anilines is 2. The lowest BCUT2D eigenvalue weighted by molar-refractivity contribution is -0.137. The molecule has 20 heteroatoms. The minimum absolute atomic E-state index is 0. The number of nitrogens with one attached hydrogen (secondary N) is 2. The molecule has 14 nitrogen and oxygen atoms in total. The first-order chi connectivity index (χ1) is 45.5. The van der Waals surface area contributed by atoms with E-state index in [1.54, 1.807) is 29.3 Å². The van der Waals surface area contributed by atoms with Crippen molar-refractivity contribution in [3.63, 3.8) is 0 Å². The Morgan fingerprint density at radius 2 is 0.816 bits per heavy atom. The summed E-state index contributed by atoms with van der Waals surface area (Å²) in [5.74, 6) is 5.79. The quantitative estimate of drug-likeness (QED) is 0.0592. The van der Waals surface area contributed by atoms with Crippen molar-refractivity contribution in [2.24, 2.45) is 0 Å². The fourth-order valence-corrected chi connectivity index (χ4v) is 11.2. The molecule has 0 radical (unpaired) electrons. The monoisotopic (exact) mass is 1380 g/mol. The van der Waals surface area contributed by atoms with Crippen molar-refractivity contribution in [1.82, 2.24) is 34.6 Å². The van der Waals surface area contributed by atoms with Crippen LogP contribution in [-0.4, -0.2) is 152 Å². The minimum atomic E-state index is -4.30. The molecule has 4 aliphatic heterocycles. The molecule has 11 rings (SSSR count). The molecule has 4 fully saturated rings. The minimum Gasteiger partial charge on any atom is -0.485 e. The van der Waals surface area contributed by atoms with Crippen molar-refractivity contribution in [3.8, 4) is 46.8 Å². The molecule has 7 aromatic rings. The average molecular weight is 1380 g/mol. The highest BCUT2D eigenvalue weighted by molar-refractivity contribution is 6.33. The van der Waals surface area contributed by atoms with Crippen LogP contribution in [0.5, 0.6) is 28.7 Å². The summed E-state index contributed by atoms with van der Waals surface area (Å²) in [6, 6.07) is 46.0. The zero-order chi connectivity index (χ0) is 71.5. The summed E-state index contributed by atoms with van der Waals surface area (Å²) >= 11 is 5.91.